The van der Waals surface area contributed by atoms with Gasteiger partial charge in [-0.05, 0) is 26.2 Å². The smallest absolute Gasteiger partial charge is 0.321 e. The Morgan fingerprint density at radius 2 is 1.88 bits per heavy atom. The summed E-state index contributed by atoms with van der Waals surface area (Å²) in [7, 11) is 0. The van der Waals surface area contributed by atoms with Crippen molar-refractivity contribution in [1.82, 2.24) is 10.6 Å². The van der Waals surface area contributed by atoms with Gasteiger partial charge in [0, 0.05) is 12.0 Å². The van der Waals surface area contributed by atoms with Crippen LogP contribution in [0, 0.1) is 0 Å². The van der Waals surface area contributed by atoms with Crippen LogP contribution >= 0.6 is 0 Å². The molecule has 3 N–H and O–H groups in total. The second kappa shape index (κ2) is 4.96. The van der Waals surface area contributed by atoms with Gasteiger partial charge in [-0.25, -0.2) is 4.79 Å². The molecule has 0 aromatic carbocycles. The number of imide groups is 1. The fourth-order valence-corrected chi connectivity index (χ4v) is 1.55. The van der Waals surface area contributed by atoms with E-state index in [-0.39, 0.29) is 18.4 Å². The van der Waals surface area contributed by atoms with Crippen LogP contribution in [0.5, 0.6) is 0 Å². The third kappa shape index (κ3) is 3.88. The van der Waals surface area contributed by atoms with Crippen LogP contribution in [-0.2, 0) is 9.59 Å². The number of carbonyl (C=O) groups is 3. The first-order valence-corrected chi connectivity index (χ1v) is 5.25. The van der Waals surface area contributed by atoms with Gasteiger partial charge in [0.1, 0.15) is 0 Å². The molecule has 3 amide bonds. The number of rotatable bonds is 4. The molecule has 0 unspecified atom stereocenters. The van der Waals surface area contributed by atoms with Gasteiger partial charge in [-0.2, -0.15) is 0 Å². The summed E-state index contributed by atoms with van der Waals surface area (Å²) in [6, 6.07) is -0.544. The minimum Gasteiger partial charge on any atom is -0.481 e. The van der Waals surface area contributed by atoms with Gasteiger partial charge in [0.05, 0.1) is 6.42 Å². The zero-order valence-corrected chi connectivity index (χ0v) is 9.21. The van der Waals surface area contributed by atoms with E-state index in [1.54, 1.807) is 0 Å². The Labute approximate surface area is 93.4 Å². The van der Waals surface area contributed by atoms with Crippen LogP contribution < -0.4 is 10.6 Å². The van der Waals surface area contributed by atoms with Gasteiger partial charge < -0.3 is 10.4 Å². The normalized spacial score (nSPS) is 17.1. The molecule has 90 valence electrons. The highest BCUT2D eigenvalue weighted by molar-refractivity contribution is 5.95. The molecule has 0 aromatic heterocycles. The first-order valence-electron chi connectivity index (χ1n) is 5.25. The van der Waals surface area contributed by atoms with E-state index in [0.717, 1.165) is 19.3 Å². The van der Waals surface area contributed by atoms with Gasteiger partial charge in [-0.3, -0.25) is 14.9 Å². The van der Waals surface area contributed by atoms with Crippen molar-refractivity contribution < 1.29 is 19.5 Å². The lowest BCUT2D eigenvalue weighted by Gasteiger charge is -2.38. The van der Waals surface area contributed by atoms with E-state index in [2.05, 4.69) is 10.6 Å². The molecule has 0 spiro atoms. The summed E-state index contributed by atoms with van der Waals surface area (Å²) < 4.78 is 0. The number of amides is 3. The second-order valence-corrected chi connectivity index (χ2v) is 4.31. The van der Waals surface area contributed by atoms with Crippen LogP contribution in [-0.4, -0.2) is 28.6 Å². The largest absolute Gasteiger partial charge is 0.481 e. The third-order valence-corrected chi connectivity index (χ3v) is 2.69. The molecule has 6 heteroatoms. The average molecular weight is 228 g/mol. The zero-order chi connectivity index (χ0) is 12.2. The van der Waals surface area contributed by atoms with E-state index < -0.39 is 17.9 Å². The summed E-state index contributed by atoms with van der Waals surface area (Å²) >= 11 is 0. The maximum absolute atomic E-state index is 11.3. The van der Waals surface area contributed by atoms with Crippen LogP contribution in [0.1, 0.15) is 39.0 Å². The molecule has 1 aliphatic rings. The Morgan fingerprint density at radius 1 is 1.25 bits per heavy atom. The Bertz CT molecular complexity index is 310. The number of urea groups is 1. The highest BCUT2D eigenvalue weighted by atomic mass is 16.4. The highest BCUT2D eigenvalue weighted by Crippen LogP contribution is 2.30. The molecule has 1 aliphatic carbocycles. The number of hydrogen-bond acceptors (Lipinski definition) is 3. The lowest BCUT2D eigenvalue weighted by molar-refractivity contribution is -0.138. The summed E-state index contributed by atoms with van der Waals surface area (Å²) in [6.07, 6.45) is 2.44. The molecule has 0 saturated heterocycles. The van der Waals surface area contributed by atoms with Gasteiger partial charge in [-0.15, -0.1) is 0 Å². The van der Waals surface area contributed by atoms with Crippen LogP contribution in [0.15, 0.2) is 0 Å². The summed E-state index contributed by atoms with van der Waals surface area (Å²) in [4.78, 5) is 32.6. The van der Waals surface area contributed by atoms with Gasteiger partial charge in [0.2, 0.25) is 5.91 Å². The lowest BCUT2D eigenvalue weighted by Crippen LogP contribution is -2.55. The van der Waals surface area contributed by atoms with Crippen molar-refractivity contribution in [2.75, 3.05) is 0 Å². The standard InChI is InChI=1S/C10H16N2O4/c1-10(5-2-6-10)12-9(16)11-7(13)3-4-8(14)15/h2-6H2,1H3,(H,14,15)(H2,11,12,13,16). The summed E-state index contributed by atoms with van der Waals surface area (Å²) in [5.74, 6) is -1.62. The van der Waals surface area contributed by atoms with Crippen molar-refractivity contribution >= 4 is 17.9 Å². The summed E-state index contributed by atoms with van der Waals surface area (Å²) in [5, 5.41) is 13.1. The van der Waals surface area contributed by atoms with Crippen molar-refractivity contribution in [3.8, 4) is 0 Å². The van der Waals surface area contributed by atoms with Crippen LogP contribution in [0.25, 0.3) is 0 Å². The van der Waals surface area contributed by atoms with Gasteiger partial charge >= 0.3 is 12.0 Å². The molecular formula is C10H16N2O4. The molecule has 1 rings (SSSR count). The van der Waals surface area contributed by atoms with Crippen LogP contribution in [0.3, 0.4) is 0 Å². The van der Waals surface area contributed by atoms with E-state index in [4.69, 9.17) is 5.11 Å². The predicted molar refractivity (Wildman–Crippen MR) is 55.8 cm³/mol. The maximum Gasteiger partial charge on any atom is 0.321 e. The SMILES string of the molecule is CC1(NC(=O)NC(=O)CCC(=O)O)CCC1. The van der Waals surface area contributed by atoms with Crippen LogP contribution in [0.2, 0.25) is 0 Å². The quantitative estimate of drug-likeness (QED) is 0.657. The van der Waals surface area contributed by atoms with Gasteiger partial charge in [0.15, 0.2) is 0 Å². The minimum atomic E-state index is -1.05. The fourth-order valence-electron chi connectivity index (χ4n) is 1.55. The Hall–Kier alpha value is -1.59. The molecule has 0 aromatic rings. The number of aliphatic carboxylic acids is 1. The van der Waals surface area contributed by atoms with E-state index in [9.17, 15) is 14.4 Å². The van der Waals surface area contributed by atoms with Crippen molar-refractivity contribution in [2.45, 2.75) is 44.6 Å². The molecule has 1 saturated carbocycles. The number of carbonyl (C=O) groups excluding carboxylic acids is 2. The monoisotopic (exact) mass is 228 g/mol. The van der Waals surface area contributed by atoms with Crippen molar-refractivity contribution in [3.63, 3.8) is 0 Å². The molecule has 16 heavy (non-hydrogen) atoms. The molecule has 0 bridgehead atoms. The second-order valence-electron chi connectivity index (χ2n) is 4.31. The van der Waals surface area contributed by atoms with Gasteiger partial charge in [0.25, 0.3) is 0 Å². The van der Waals surface area contributed by atoms with E-state index in [1.807, 2.05) is 6.92 Å². The number of carboxylic acid groups (broad SMARTS) is 1. The third-order valence-electron chi connectivity index (χ3n) is 2.69. The topological polar surface area (TPSA) is 95.5 Å². The van der Waals surface area contributed by atoms with Crippen molar-refractivity contribution in [1.29, 1.82) is 0 Å². The highest BCUT2D eigenvalue weighted by Gasteiger charge is 2.33. The molecule has 1 fully saturated rings. The summed E-state index contributed by atoms with van der Waals surface area (Å²) in [5.41, 5.74) is -0.211. The Kier molecular flexibility index (Phi) is 3.87. The fraction of sp³-hybridized carbons (Fsp3) is 0.700. The zero-order valence-electron chi connectivity index (χ0n) is 9.21. The molecule has 6 nitrogen and oxygen atoms in total. The summed E-state index contributed by atoms with van der Waals surface area (Å²) in [6.45, 7) is 1.91. The molecule has 0 atom stereocenters. The van der Waals surface area contributed by atoms with Crippen molar-refractivity contribution in [2.24, 2.45) is 0 Å². The van der Waals surface area contributed by atoms with Gasteiger partial charge in [-0.1, -0.05) is 0 Å². The lowest BCUT2D eigenvalue weighted by atomic mass is 9.79. The average Bonchev–Trinajstić information content (AvgIpc) is 2.12. The van der Waals surface area contributed by atoms with E-state index >= 15 is 0 Å². The van der Waals surface area contributed by atoms with Crippen molar-refractivity contribution in [3.05, 3.63) is 0 Å². The molecule has 0 aliphatic heterocycles. The first kappa shape index (κ1) is 12.5. The molecule has 0 radical (unpaired) electrons. The van der Waals surface area contributed by atoms with E-state index in [1.165, 1.54) is 0 Å². The Morgan fingerprint density at radius 3 is 2.31 bits per heavy atom. The molecular weight excluding hydrogens is 212 g/mol. The number of nitrogens with one attached hydrogen (secondary N) is 2. The first-order chi connectivity index (χ1) is 7.41. The van der Waals surface area contributed by atoms with E-state index in [0.29, 0.717) is 0 Å². The Balaban J connectivity index is 2.23. The van der Waals surface area contributed by atoms with Crippen LogP contribution in [0.4, 0.5) is 4.79 Å². The molecule has 0 heterocycles. The number of hydrogen-bond donors (Lipinski definition) is 3. The number of carboxylic acids is 1. The predicted octanol–water partition coefficient (Wildman–Crippen LogP) is 0.620. The maximum atomic E-state index is 11.3. The minimum absolute atomic E-state index is 0.181.